The van der Waals surface area contributed by atoms with Crippen LogP contribution in [-0.4, -0.2) is 34.8 Å². The number of nitrogens with zero attached hydrogens (tertiary/aromatic N) is 2. The van der Waals surface area contributed by atoms with Gasteiger partial charge in [-0.2, -0.15) is 0 Å². The van der Waals surface area contributed by atoms with Gasteiger partial charge < -0.3 is 24.5 Å². The van der Waals surface area contributed by atoms with Crippen LogP contribution in [-0.2, 0) is 0 Å². The van der Waals surface area contributed by atoms with E-state index in [1.807, 2.05) is 52.0 Å². The molecule has 2 N–H and O–H groups in total. The van der Waals surface area contributed by atoms with Gasteiger partial charge in [0.2, 0.25) is 0 Å². The molecule has 0 fully saturated rings. The van der Waals surface area contributed by atoms with Crippen molar-refractivity contribution in [3.05, 3.63) is 42.4 Å². The Hall–Kier alpha value is -3.48. The number of aromatic nitrogens is 3. The Morgan fingerprint density at radius 1 is 0.833 bits per heavy atom. The summed E-state index contributed by atoms with van der Waals surface area (Å²) in [6, 6.07) is 9.86. The number of anilines is 2. The monoisotopic (exact) mass is 406 g/mol. The fourth-order valence-electron chi connectivity index (χ4n) is 3.57. The number of fused-ring (bicyclic) bond motifs is 3. The lowest BCUT2D eigenvalue weighted by Gasteiger charge is -2.19. The van der Waals surface area contributed by atoms with E-state index in [1.54, 1.807) is 6.33 Å². The SMILES string of the molecule is CCOc1cc(OCC)c(OCC)cc1Nc1cc(C)[nH]c2ccc3ncnc3c12. The lowest BCUT2D eigenvalue weighted by atomic mass is 10.1. The van der Waals surface area contributed by atoms with Crippen molar-refractivity contribution in [2.75, 3.05) is 25.1 Å². The zero-order valence-electron chi connectivity index (χ0n) is 17.7. The van der Waals surface area contributed by atoms with Gasteiger partial charge in [-0.15, -0.1) is 0 Å². The fraction of sp³-hybridized carbons (Fsp3) is 0.304. The average molecular weight is 406 g/mol. The molecule has 0 aliphatic rings. The van der Waals surface area contributed by atoms with E-state index in [0.29, 0.717) is 37.1 Å². The third-order valence-electron chi connectivity index (χ3n) is 4.72. The van der Waals surface area contributed by atoms with Crippen LogP contribution in [0.25, 0.3) is 21.9 Å². The molecular weight excluding hydrogens is 380 g/mol. The van der Waals surface area contributed by atoms with Crippen LogP contribution in [0.3, 0.4) is 0 Å². The van der Waals surface area contributed by atoms with Gasteiger partial charge >= 0.3 is 0 Å². The average Bonchev–Trinajstić information content (AvgIpc) is 3.20. The Labute approximate surface area is 175 Å². The maximum atomic E-state index is 5.91. The molecule has 0 amide bonds. The summed E-state index contributed by atoms with van der Waals surface area (Å²) in [5.41, 5.74) is 5.43. The van der Waals surface area contributed by atoms with Crippen molar-refractivity contribution in [1.29, 1.82) is 0 Å². The first kappa shape index (κ1) is 19.8. The zero-order valence-corrected chi connectivity index (χ0v) is 17.7. The van der Waals surface area contributed by atoms with Crippen LogP contribution in [0, 0.1) is 6.92 Å². The molecule has 7 nitrogen and oxygen atoms in total. The minimum absolute atomic E-state index is 0.537. The Bertz CT molecular complexity index is 1190. The lowest BCUT2D eigenvalue weighted by Crippen LogP contribution is -2.04. The first-order valence-corrected chi connectivity index (χ1v) is 10.2. The first-order chi connectivity index (χ1) is 14.6. The summed E-state index contributed by atoms with van der Waals surface area (Å²) in [5, 5.41) is 4.52. The van der Waals surface area contributed by atoms with Crippen LogP contribution in [0.15, 0.2) is 36.7 Å². The minimum Gasteiger partial charge on any atom is -0.492 e. The molecule has 2 aromatic carbocycles. The van der Waals surface area contributed by atoms with E-state index >= 15 is 0 Å². The molecule has 4 rings (SSSR count). The number of pyridine rings is 1. The van der Waals surface area contributed by atoms with Gasteiger partial charge in [-0.05, 0) is 45.9 Å². The zero-order chi connectivity index (χ0) is 21.1. The van der Waals surface area contributed by atoms with E-state index in [0.717, 1.165) is 39.0 Å². The molecule has 0 saturated carbocycles. The number of nitrogens with one attached hydrogen (secondary N) is 2. The van der Waals surface area contributed by atoms with Gasteiger partial charge in [0.25, 0.3) is 0 Å². The Kier molecular flexibility index (Phi) is 5.61. The fourth-order valence-corrected chi connectivity index (χ4v) is 3.57. The second-order valence-corrected chi connectivity index (χ2v) is 6.81. The van der Waals surface area contributed by atoms with E-state index < -0.39 is 0 Å². The molecule has 0 bridgehead atoms. The molecule has 30 heavy (non-hydrogen) atoms. The number of hydrogen-bond donors (Lipinski definition) is 2. The van der Waals surface area contributed by atoms with Crippen molar-refractivity contribution >= 4 is 33.3 Å². The van der Waals surface area contributed by atoms with Crippen LogP contribution in [0.1, 0.15) is 26.5 Å². The molecule has 2 heterocycles. The lowest BCUT2D eigenvalue weighted by molar-refractivity contribution is 0.283. The summed E-state index contributed by atoms with van der Waals surface area (Å²) in [7, 11) is 0. The summed E-state index contributed by atoms with van der Waals surface area (Å²) < 4.78 is 17.5. The maximum absolute atomic E-state index is 5.91. The molecule has 0 saturated heterocycles. The van der Waals surface area contributed by atoms with E-state index in [4.69, 9.17) is 14.2 Å². The van der Waals surface area contributed by atoms with E-state index in [-0.39, 0.29) is 0 Å². The highest BCUT2D eigenvalue weighted by Gasteiger charge is 2.16. The van der Waals surface area contributed by atoms with E-state index in [1.165, 1.54) is 0 Å². The maximum Gasteiger partial charge on any atom is 0.164 e. The molecule has 4 aromatic rings. The predicted molar refractivity (Wildman–Crippen MR) is 119 cm³/mol. The van der Waals surface area contributed by atoms with Crippen LogP contribution in [0.5, 0.6) is 17.2 Å². The van der Waals surface area contributed by atoms with Crippen LogP contribution < -0.4 is 19.5 Å². The molecule has 7 heteroatoms. The highest BCUT2D eigenvalue weighted by Crippen LogP contribution is 2.41. The molecular formula is C23H26N4O3. The van der Waals surface area contributed by atoms with Crippen molar-refractivity contribution in [3.63, 3.8) is 0 Å². The smallest absolute Gasteiger partial charge is 0.164 e. The highest BCUT2D eigenvalue weighted by atomic mass is 16.5. The van der Waals surface area contributed by atoms with Gasteiger partial charge in [0.15, 0.2) is 11.5 Å². The van der Waals surface area contributed by atoms with Crippen LogP contribution in [0.2, 0.25) is 0 Å². The molecule has 0 aliphatic heterocycles. The number of H-pyrrole nitrogens is 1. The molecule has 0 unspecified atom stereocenters. The quantitative estimate of drug-likeness (QED) is 0.410. The summed E-state index contributed by atoms with van der Waals surface area (Å²) >= 11 is 0. The van der Waals surface area contributed by atoms with Gasteiger partial charge in [0.1, 0.15) is 17.6 Å². The number of aromatic amines is 1. The van der Waals surface area contributed by atoms with Gasteiger partial charge in [0.05, 0.1) is 36.7 Å². The molecule has 0 atom stereocenters. The Balaban J connectivity index is 1.88. The van der Waals surface area contributed by atoms with Crippen LogP contribution >= 0.6 is 0 Å². The van der Waals surface area contributed by atoms with Gasteiger partial charge in [-0.1, -0.05) is 0 Å². The summed E-state index contributed by atoms with van der Waals surface area (Å²) in [6.07, 6.45) is 1.59. The molecule has 0 spiro atoms. The number of benzene rings is 2. The van der Waals surface area contributed by atoms with Crippen molar-refractivity contribution in [2.24, 2.45) is 0 Å². The summed E-state index contributed by atoms with van der Waals surface area (Å²) in [5.74, 6) is 2.04. The van der Waals surface area contributed by atoms with Crippen LogP contribution in [0.4, 0.5) is 11.4 Å². The molecule has 0 radical (unpaired) electrons. The third-order valence-corrected chi connectivity index (χ3v) is 4.72. The first-order valence-electron chi connectivity index (χ1n) is 10.2. The summed E-state index contributed by atoms with van der Waals surface area (Å²) in [6.45, 7) is 9.51. The standard InChI is InChI=1S/C23H26N4O3/c1-5-28-19-12-21(30-7-3)20(29-6-2)11-17(19)27-18-10-14(4)26-15-8-9-16-23(22(15)18)25-13-24-16/h8-13,26-27H,5-7H2,1-4H3. The number of rotatable bonds is 8. The van der Waals surface area contributed by atoms with Crippen molar-refractivity contribution in [2.45, 2.75) is 27.7 Å². The van der Waals surface area contributed by atoms with Crippen molar-refractivity contribution < 1.29 is 14.2 Å². The molecule has 0 aliphatic carbocycles. The Morgan fingerprint density at radius 3 is 2.27 bits per heavy atom. The molecule has 2 aromatic heterocycles. The van der Waals surface area contributed by atoms with E-state index in [9.17, 15) is 0 Å². The normalized spacial score (nSPS) is 11.1. The van der Waals surface area contributed by atoms with Gasteiger partial charge in [-0.3, -0.25) is 0 Å². The number of imidazole rings is 1. The number of hydrogen-bond acceptors (Lipinski definition) is 6. The molecule has 156 valence electrons. The largest absolute Gasteiger partial charge is 0.492 e. The minimum atomic E-state index is 0.537. The topological polar surface area (TPSA) is 81.3 Å². The van der Waals surface area contributed by atoms with Crippen molar-refractivity contribution in [3.8, 4) is 17.2 Å². The van der Waals surface area contributed by atoms with E-state index in [2.05, 4.69) is 26.3 Å². The van der Waals surface area contributed by atoms with Crippen molar-refractivity contribution in [1.82, 2.24) is 15.0 Å². The second kappa shape index (κ2) is 8.49. The number of ether oxygens (including phenoxy) is 3. The second-order valence-electron chi connectivity index (χ2n) is 6.81. The van der Waals surface area contributed by atoms with Gasteiger partial charge in [0, 0.05) is 28.7 Å². The predicted octanol–water partition coefficient (Wildman–Crippen LogP) is 5.36. The van der Waals surface area contributed by atoms with Gasteiger partial charge in [-0.25, -0.2) is 9.97 Å². The number of aryl methyl sites for hydroxylation is 1. The summed E-state index contributed by atoms with van der Waals surface area (Å²) in [4.78, 5) is 12.2. The Morgan fingerprint density at radius 2 is 1.53 bits per heavy atom. The third kappa shape index (κ3) is 3.70. The highest BCUT2D eigenvalue weighted by molar-refractivity contribution is 6.10.